The second-order valence-electron chi connectivity index (χ2n) is 7.33. The molecule has 1 fully saturated rings. The predicted molar refractivity (Wildman–Crippen MR) is 104 cm³/mol. The number of aliphatic imine (C=N–C) groups is 1. The Bertz CT molecular complexity index is 832. The Morgan fingerprint density at radius 1 is 1.32 bits per heavy atom. The van der Waals surface area contributed by atoms with Gasteiger partial charge in [-0.1, -0.05) is 29.7 Å². The standard InChI is InChI=1S/C19H22BN3OS/c1-19(16(11-6-7-11)17(24)23(2)18(21)22-19)15-9-13(10-25-15)12-4-3-5-14(20)8-12/h3-5,8-11,16-17,24H,6-7H2,1-2H3,(H2,21,22)/t16-,17?,19-/m1/s1. The van der Waals surface area contributed by atoms with Crippen LogP contribution in [0.3, 0.4) is 0 Å². The Labute approximate surface area is 153 Å². The van der Waals surface area contributed by atoms with Crippen LogP contribution in [0.25, 0.3) is 11.1 Å². The third-order valence-corrected chi connectivity index (χ3v) is 6.68. The maximum atomic E-state index is 10.8. The molecule has 1 unspecified atom stereocenters. The van der Waals surface area contributed by atoms with Crippen molar-refractivity contribution in [1.29, 1.82) is 0 Å². The lowest BCUT2D eigenvalue weighted by atomic mass is 9.78. The average Bonchev–Trinajstić information content (AvgIpc) is 3.26. The summed E-state index contributed by atoms with van der Waals surface area (Å²) in [4.78, 5) is 7.66. The van der Waals surface area contributed by atoms with Gasteiger partial charge in [0.05, 0.1) is 0 Å². The summed E-state index contributed by atoms with van der Waals surface area (Å²) < 4.78 is 0. The largest absolute Gasteiger partial charge is 0.373 e. The zero-order chi connectivity index (χ0) is 17.8. The summed E-state index contributed by atoms with van der Waals surface area (Å²) in [5.74, 6) is 0.945. The van der Waals surface area contributed by atoms with Crippen molar-refractivity contribution in [2.45, 2.75) is 31.5 Å². The van der Waals surface area contributed by atoms with Crippen molar-refractivity contribution in [3.05, 3.63) is 40.6 Å². The lowest BCUT2D eigenvalue weighted by Gasteiger charge is -2.45. The van der Waals surface area contributed by atoms with Gasteiger partial charge in [-0.05, 0) is 48.3 Å². The molecule has 25 heavy (non-hydrogen) atoms. The maximum absolute atomic E-state index is 10.8. The van der Waals surface area contributed by atoms with Gasteiger partial charge in [-0.25, -0.2) is 4.99 Å². The van der Waals surface area contributed by atoms with Gasteiger partial charge in [-0.2, -0.15) is 0 Å². The number of nitrogens with zero attached hydrogens (tertiary/aromatic N) is 2. The number of benzene rings is 1. The van der Waals surface area contributed by atoms with E-state index in [0.29, 0.717) is 11.9 Å². The van der Waals surface area contributed by atoms with Crippen LogP contribution >= 0.6 is 11.3 Å². The Morgan fingerprint density at radius 2 is 2.08 bits per heavy atom. The molecule has 1 aliphatic heterocycles. The minimum atomic E-state index is -0.604. The monoisotopic (exact) mass is 351 g/mol. The summed E-state index contributed by atoms with van der Waals surface area (Å²) in [7, 11) is 7.73. The number of nitrogens with two attached hydrogens (primary N) is 1. The fraction of sp³-hybridized carbons (Fsp3) is 0.421. The molecule has 1 aromatic heterocycles. The van der Waals surface area contributed by atoms with Crippen molar-refractivity contribution >= 4 is 30.6 Å². The first-order valence-electron chi connectivity index (χ1n) is 8.61. The van der Waals surface area contributed by atoms with Crippen LogP contribution in [0.1, 0.15) is 24.6 Å². The van der Waals surface area contributed by atoms with E-state index in [2.05, 4.69) is 24.4 Å². The fourth-order valence-corrected chi connectivity index (χ4v) is 4.98. The molecule has 1 aromatic carbocycles. The highest BCUT2D eigenvalue weighted by Crippen LogP contribution is 2.53. The summed E-state index contributed by atoms with van der Waals surface area (Å²) in [6, 6.07) is 10.1. The summed E-state index contributed by atoms with van der Waals surface area (Å²) in [5.41, 5.74) is 8.59. The number of hydrogen-bond donors (Lipinski definition) is 2. The number of aliphatic hydroxyl groups is 1. The molecule has 0 saturated heterocycles. The number of aliphatic hydroxyl groups excluding tert-OH is 1. The summed E-state index contributed by atoms with van der Waals surface area (Å²) >= 11 is 1.68. The highest BCUT2D eigenvalue weighted by molar-refractivity contribution is 7.10. The van der Waals surface area contributed by atoms with E-state index in [0.717, 1.165) is 34.3 Å². The SMILES string of the molecule is [B]c1cccc(-c2csc([C@@]3(C)N=C(N)N(C)C(O)[C@H]3C3CC3)c2)c1. The predicted octanol–water partition coefficient (Wildman–Crippen LogP) is 2.03. The molecule has 128 valence electrons. The molecule has 2 heterocycles. The Kier molecular flexibility index (Phi) is 3.92. The van der Waals surface area contributed by atoms with Crippen LogP contribution in [0, 0.1) is 11.8 Å². The zero-order valence-corrected chi connectivity index (χ0v) is 15.3. The van der Waals surface area contributed by atoms with E-state index in [-0.39, 0.29) is 5.92 Å². The van der Waals surface area contributed by atoms with E-state index in [1.807, 2.05) is 25.2 Å². The van der Waals surface area contributed by atoms with Crippen LogP contribution in [-0.2, 0) is 5.54 Å². The van der Waals surface area contributed by atoms with Gasteiger partial charge >= 0.3 is 0 Å². The Balaban J connectivity index is 1.77. The van der Waals surface area contributed by atoms with Gasteiger partial charge in [-0.3, -0.25) is 0 Å². The van der Waals surface area contributed by atoms with E-state index in [1.165, 1.54) is 0 Å². The Hall–Kier alpha value is -1.79. The van der Waals surface area contributed by atoms with Crippen molar-refractivity contribution in [3.8, 4) is 11.1 Å². The van der Waals surface area contributed by atoms with Crippen molar-refractivity contribution < 1.29 is 5.11 Å². The van der Waals surface area contributed by atoms with E-state index in [4.69, 9.17) is 18.6 Å². The summed E-state index contributed by atoms with van der Waals surface area (Å²) in [6.07, 6.45) is 1.69. The molecule has 0 amide bonds. The first-order valence-corrected chi connectivity index (χ1v) is 9.49. The smallest absolute Gasteiger partial charge is 0.193 e. The quantitative estimate of drug-likeness (QED) is 0.832. The highest BCUT2D eigenvalue weighted by Gasteiger charge is 2.53. The van der Waals surface area contributed by atoms with Gasteiger partial charge in [0, 0.05) is 17.8 Å². The van der Waals surface area contributed by atoms with Crippen molar-refractivity contribution in [2.24, 2.45) is 22.6 Å². The molecule has 4 nitrogen and oxygen atoms in total. The van der Waals surface area contributed by atoms with Crippen molar-refractivity contribution in [3.63, 3.8) is 0 Å². The molecule has 0 spiro atoms. The molecule has 4 rings (SSSR count). The molecule has 1 aliphatic carbocycles. The first-order chi connectivity index (χ1) is 11.9. The average molecular weight is 351 g/mol. The molecule has 1 saturated carbocycles. The molecule has 3 atom stereocenters. The number of guanidine groups is 1. The molecule has 2 aromatic rings. The van der Waals surface area contributed by atoms with Gasteiger partial charge in [0.25, 0.3) is 0 Å². The lowest BCUT2D eigenvalue weighted by Crippen LogP contribution is -2.56. The van der Waals surface area contributed by atoms with Crippen molar-refractivity contribution in [1.82, 2.24) is 4.90 Å². The van der Waals surface area contributed by atoms with Gasteiger partial charge < -0.3 is 15.7 Å². The maximum Gasteiger partial charge on any atom is 0.193 e. The first kappa shape index (κ1) is 16.7. The van der Waals surface area contributed by atoms with E-state index in [1.54, 1.807) is 16.2 Å². The number of hydrogen-bond acceptors (Lipinski definition) is 5. The van der Waals surface area contributed by atoms with Crippen LogP contribution in [-0.4, -0.2) is 37.1 Å². The molecule has 0 bridgehead atoms. The molecular weight excluding hydrogens is 329 g/mol. The third kappa shape index (κ3) is 2.77. The fourth-order valence-electron chi connectivity index (χ4n) is 3.91. The van der Waals surface area contributed by atoms with Crippen molar-refractivity contribution in [2.75, 3.05) is 7.05 Å². The Morgan fingerprint density at radius 3 is 2.76 bits per heavy atom. The van der Waals surface area contributed by atoms with Crippen LogP contribution in [0.15, 0.2) is 40.7 Å². The minimum Gasteiger partial charge on any atom is -0.373 e. The summed E-state index contributed by atoms with van der Waals surface area (Å²) in [6.45, 7) is 2.11. The number of thiophene rings is 1. The van der Waals surface area contributed by atoms with Crippen LogP contribution in [0.4, 0.5) is 0 Å². The molecule has 3 N–H and O–H groups in total. The molecular formula is C19H22BN3OS. The second-order valence-corrected chi connectivity index (χ2v) is 8.24. The normalized spacial score (nSPS) is 29.6. The van der Waals surface area contributed by atoms with E-state index in [9.17, 15) is 5.11 Å². The molecule has 2 aliphatic rings. The lowest BCUT2D eigenvalue weighted by molar-refractivity contribution is -0.0382. The third-order valence-electron chi connectivity index (χ3n) is 5.52. The van der Waals surface area contributed by atoms with Gasteiger partial charge in [0.2, 0.25) is 0 Å². The highest BCUT2D eigenvalue weighted by atomic mass is 32.1. The van der Waals surface area contributed by atoms with Gasteiger partial charge in [0.15, 0.2) is 5.96 Å². The molecule has 6 heteroatoms. The topological polar surface area (TPSA) is 61.8 Å². The van der Waals surface area contributed by atoms with Crippen LogP contribution in [0.2, 0.25) is 0 Å². The van der Waals surface area contributed by atoms with Gasteiger partial charge in [0.1, 0.15) is 19.6 Å². The molecule has 2 radical (unpaired) electrons. The van der Waals surface area contributed by atoms with Gasteiger partial charge in [-0.15, -0.1) is 11.3 Å². The zero-order valence-electron chi connectivity index (χ0n) is 14.5. The van der Waals surface area contributed by atoms with Crippen LogP contribution in [0.5, 0.6) is 0 Å². The summed E-state index contributed by atoms with van der Waals surface area (Å²) in [5, 5.41) is 13.0. The number of rotatable bonds is 3. The second kappa shape index (κ2) is 5.89. The minimum absolute atomic E-state index is 0.0529. The van der Waals surface area contributed by atoms with Crippen LogP contribution < -0.4 is 11.2 Å². The van der Waals surface area contributed by atoms with E-state index < -0.39 is 11.8 Å². The van der Waals surface area contributed by atoms with E-state index >= 15 is 0 Å².